The number of aromatic nitrogens is 2. The van der Waals surface area contributed by atoms with E-state index in [0.29, 0.717) is 29.1 Å². The van der Waals surface area contributed by atoms with E-state index in [-0.39, 0.29) is 17.0 Å². The molecular weight excluding hydrogens is 364 g/mol. The van der Waals surface area contributed by atoms with Crippen molar-refractivity contribution in [3.8, 4) is 0 Å². The van der Waals surface area contributed by atoms with Gasteiger partial charge in [0.25, 0.3) is 11.8 Å². The molecule has 0 saturated heterocycles. The number of halogens is 1. The average molecular weight is 383 g/mol. The molecule has 0 atom stereocenters. The second-order valence-corrected chi connectivity index (χ2v) is 6.37. The van der Waals surface area contributed by atoms with E-state index < -0.39 is 0 Å². The van der Waals surface area contributed by atoms with Crippen LogP contribution in [0.25, 0.3) is 0 Å². The molecule has 7 heteroatoms. The summed E-state index contributed by atoms with van der Waals surface area (Å²) >= 11 is 6.42. The number of carbonyl (C=O) groups excluding carboxylic acids is 2. The molecule has 2 amide bonds. The second kappa shape index (κ2) is 8.05. The van der Waals surface area contributed by atoms with Crippen LogP contribution in [0.15, 0.2) is 54.6 Å². The van der Waals surface area contributed by atoms with Crippen LogP contribution in [-0.4, -0.2) is 28.6 Å². The Labute approximate surface area is 162 Å². The lowest BCUT2D eigenvalue weighted by atomic mass is 10.1. The molecule has 138 valence electrons. The Morgan fingerprint density at radius 2 is 1.81 bits per heavy atom. The third-order valence-electron chi connectivity index (χ3n) is 4.08. The molecule has 0 spiro atoms. The van der Waals surface area contributed by atoms with E-state index >= 15 is 0 Å². The molecule has 3 aromatic rings. The van der Waals surface area contributed by atoms with Crippen LogP contribution < -0.4 is 10.6 Å². The summed E-state index contributed by atoms with van der Waals surface area (Å²) in [5.74, 6) is -0.595. The Hall–Kier alpha value is -3.12. The fourth-order valence-corrected chi connectivity index (χ4v) is 3.07. The van der Waals surface area contributed by atoms with E-state index in [2.05, 4.69) is 15.7 Å². The van der Waals surface area contributed by atoms with Gasteiger partial charge in [-0.1, -0.05) is 48.0 Å². The van der Waals surface area contributed by atoms with Gasteiger partial charge in [-0.3, -0.25) is 9.59 Å². The number of aryl methyl sites for hydroxylation is 1. The topological polar surface area (TPSA) is 76.0 Å². The molecule has 0 unspecified atom stereocenters. The van der Waals surface area contributed by atoms with E-state index in [9.17, 15) is 9.59 Å². The Morgan fingerprint density at radius 1 is 1.07 bits per heavy atom. The number of hydrogen-bond acceptors (Lipinski definition) is 3. The maximum atomic E-state index is 12.7. The highest BCUT2D eigenvalue weighted by atomic mass is 35.5. The van der Waals surface area contributed by atoms with E-state index in [1.54, 1.807) is 42.9 Å². The number of carbonyl (C=O) groups is 2. The molecule has 0 bridgehead atoms. The highest BCUT2D eigenvalue weighted by molar-refractivity contribution is 6.33. The van der Waals surface area contributed by atoms with Crippen LogP contribution in [-0.2, 0) is 6.54 Å². The molecular formula is C20H19ClN4O2. The minimum Gasteiger partial charge on any atom is -0.355 e. The predicted molar refractivity (Wildman–Crippen MR) is 105 cm³/mol. The number of nitrogens with zero attached hydrogens (tertiary/aromatic N) is 2. The van der Waals surface area contributed by atoms with Gasteiger partial charge in [0.1, 0.15) is 5.15 Å². The summed E-state index contributed by atoms with van der Waals surface area (Å²) in [6.07, 6.45) is 0. The molecule has 0 radical (unpaired) electrons. The first-order valence-electron chi connectivity index (χ1n) is 8.40. The monoisotopic (exact) mass is 382 g/mol. The average Bonchev–Trinajstić information content (AvgIpc) is 2.95. The number of hydrogen-bond donors (Lipinski definition) is 2. The van der Waals surface area contributed by atoms with Crippen LogP contribution in [0.3, 0.4) is 0 Å². The highest BCUT2D eigenvalue weighted by Gasteiger charge is 2.21. The molecule has 0 aliphatic carbocycles. The molecule has 2 aromatic carbocycles. The predicted octanol–water partition coefficient (Wildman–Crippen LogP) is 3.51. The number of amides is 2. The van der Waals surface area contributed by atoms with Gasteiger partial charge < -0.3 is 10.6 Å². The van der Waals surface area contributed by atoms with Crippen molar-refractivity contribution in [2.75, 3.05) is 12.4 Å². The smallest absolute Gasteiger partial charge is 0.260 e. The normalized spacial score (nSPS) is 10.5. The summed E-state index contributed by atoms with van der Waals surface area (Å²) in [5.41, 5.74) is 2.85. The Balaban J connectivity index is 1.82. The van der Waals surface area contributed by atoms with Gasteiger partial charge in [-0.15, -0.1) is 0 Å². The van der Waals surface area contributed by atoms with Crippen LogP contribution in [0.5, 0.6) is 0 Å². The SMILES string of the molecule is CNC(=O)c1cccc(NC(=O)c2c(C)nn(Cc3ccccc3)c2Cl)c1. The molecule has 0 aliphatic heterocycles. The fraction of sp³-hybridized carbons (Fsp3) is 0.150. The molecule has 6 nitrogen and oxygen atoms in total. The van der Waals surface area contributed by atoms with Crippen LogP contribution in [0.4, 0.5) is 5.69 Å². The van der Waals surface area contributed by atoms with Crippen molar-refractivity contribution in [2.24, 2.45) is 0 Å². The largest absolute Gasteiger partial charge is 0.355 e. The molecule has 27 heavy (non-hydrogen) atoms. The lowest BCUT2D eigenvalue weighted by Crippen LogP contribution is -2.18. The van der Waals surface area contributed by atoms with E-state index in [1.165, 1.54) is 0 Å². The van der Waals surface area contributed by atoms with Crippen molar-refractivity contribution in [2.45, 2.75) is 13.5 Å². The first-order chi connectivity index (χ1) is 13.0. The maximum absolute atomic E-state index is 12.7. The summed E-state index contributed by atoms with van der Waals surface area (Å²) < 4.78 is 1.60. The zero-order chi connectivity index (χ0) is 19.4. The molecule has 3 rings (SSSR count). The molecule has 0 fully saturated rings. The van der Waals surface area contributed by atoms with Gasteiger partial charge in [-0.2, -0.15) is 5.10 Å². The molecule has 1 aromatic heterocycles. The summed E-state index contributed by atoms with van der Waals surface area (Å²) in [5, 5.41) is 9.99. The lowest BCUT2D eigenvalue weighted by molar-refractivity contribution is 0.0961. The first kappa shape index (κ1) is 18.7. The van der Waals surface area contributed by atoms with Crippen LogP contribution in [0.1, 0.15) is 32.0 Å². The zero-order valence-corrected chi connectivity index (χ0v) is 15.7. The number of nitrogens with one attached hydrogen (secondary N) is 2. The van der Waals surface area contributed by atoms with E-state index in [0.717, 1.165) is 5.56 Å². The van der Waals surface area contributed by atoms with Crippen LogP contribution in [0, 0.1) is 6.92 Å². The van der Waals surface area contributed by atoms with Crippen molar-refractivity contribution in [1.29, 1.82) is 0 Å². The van der Waals surface area contributed by atoms with Gasteiger partial charge in [0.15, 0.2) is 0 Å². The van der Waals surface area contributed by atoms with Gasteiger partial charge in [0.2, 0.25) is 0 Å². The zero-order valence-electron chi connectivity index (χ0n) is 15.0. The molecule has 0 saturated carbocycles. The minimum absolute atomic E-state index is 0.226. The van der Waals surface area contributed by atoms with Crippen molar-refractivity contribution in [3.63, 3.8) is 0 Å². The summed E-state index contributed by atoms with van der Waals surface area (Å²) in [6, 6.07) is 16.4. The van der Waals surface area contributed by atoms with Crippen molar-refractivity contribution < 1.29 is 9.59 Å². The molecule has 2 N–H and O–H groups in total. The summed E-state index contributed by atoms with van der Waals surface area (Å²) in [7, 11) is 1.55. The summed E-state index contributed by atoms with van der Waals surface area (Å²) in [6.45, 7) is 2.21. The van der Waals surface area contributed by atoms with E-state index in [4.69, 9.17) is 11.6 Å². The molecule has 0 aliphatic rings. The van der Waals surface area contributed by atoms with Crippen LogP contribution in [0.2, 0.25) is 5.15 Å². The van der Waals surface area contributed by atoms with Gasteiger partial charge in [0.05, 0.1) is 17.8 Å². The van der Waals surface area contributed by atoms with Gasteiger partial charge in [-0.25, -0.2) is 4.68 Å². The second-order valence-electron chi connectivity index (χ2n) is 6.01. The molecule has 1 heterocycles. The summed E-state index contributed by atoms with van der Waals surface area (Å²) in [4.78, 5) is 24.5. The Bertz CT molecular complexity index is 983. The minimum atomic E-state index is -0.370. The van der Waals surface area contributed by atoms with Gasteiger partial charge in [0, 0.05) is 18.3 Å². The van der Waals surface area contributed by atoms with Gasteiger partial charge >= 0.3 is 0 Å². The standard InChI is InChI=1S/C20H19ClN4O2/c1-13-17(18(21)25(24-13)12-14-7-4-3-5-8-14)20(27)23-16-10-6-9-15(11-16)19(26)22-2/h3-11H,12H2,1-2H3,(H,22,26)(H,23,27). The van der Waals surface area contributed by atoms with Crippen LogP contribution >= 0.6 is 11.6 Å². The number of anilines is 1. The third kappa shape index (κ3) is 4.17. The first-order valence-corrected chi connectivity index (χ1v) is 8.77. The fourth-order valence-electron chi connectivity index (χ4n) is 2.75. The highest BCUT2D eigenvalue weighted by Crippen LogP contribution is 2.22. The number of rotatable bonds is 5. The third-order valence-corrected chi connectivity index (χ3v) is 4.46. The number of benzene rings is 2. The maximum Gasteiger partial charge on any atom is 0.260 e. The van der Waals surface area contributed by atoms with Crippen molar-refractivity contribution in [3.05, 3.63) is 82.1 Å². The quantitative estimate of drug-likeness (QED) is 0.709. The van der Waals surface area contributed by atoms with E-state index in [1.807, 2.05) is 30.3 Å². The lowest BCUT2D eigenvalue weighted by Gasteiger charge is -2.07. The van der Waals surface area contributed by atoms with Gasteiger partial charge in [-0.05, 0) is 30.7 Å². The van der Waals surface area contributed by atoms with Crippen molar-refractivity contribution >= 4 is 29.1 Å². The van der Waals surface area contributed by atoms with Crippen molar-refractivity contribution in [1.82, 2.24) is 15.1 Å². The Kier molecular flexibility index (Phi) is 5.57. The Morgan fingerprint density at radius 3 is 2.52 bits per heavy atom.